The monoisotopic (exact) mass is 179 g/mol. The van der Waals surface area contributed by atoms with Crippen LogP contribution < -0.4 is 4.74 Å². The molecule has 62 valence electrons. The van der Waals surface area contributed by atoms with Crippen LogP contribution in [-0.2, 0) is 0 Å². The van der Waals surface area contributed by atoms with Crippen LogP contribution in [0.4, 0.5) is 0 Å². The summed E-state index contributed by atoms with van der Waals surface area (Å²) in [6, 6.07) is 7.65. The molecule has 1 rings (SSSR count). The summed E-state index contributed by atoms with van der Waals surface area (Å²) in [6.45, 7) is 0. The molecule has 0 aliphatic rings. The molecule has 1 aromatic rings. The van der Waals surface area contributed by atoms with Gasteiger partial charge in [0.15, 0.2) is 0 Å². The molecule has 0 saturated carbocycles. The fourth-order valence-corrected chi connectivity index (χ4v) is 1.34. The van der Waals surface area contributed by atoms with Crippen molar-refractivity contribution in [2.24, 2.45) is 0 Å². The minimum absolute atomic E-state index is 0.587. The third-order valence-corrected chi connectivity index (χ3v) is 2.25. The molecule has 0 fully saturated rings. The Bertz CT molecular complexity index is 317. The number of benzene rings is 1. The summed E-state index contributed by atoms with van der Waals surface area (Å²) in [5, 5.41) is 8.73. The van der Waals surface area contributed by atoms with Crippen LogP contribution in [0.5, 0.6) is 5.75 Å². The third-order valence-electron chi connectivity index (χ3n) is 1.53. The van der Waals surface area contributed by atoms with E-state index in [1.807, 2.05) is 24.5 Å². The minimum atomic E-state index is 0.587. The molecule has 12 heavy (non-hydrogen) atoms. The van der Waals surface area contributed by atoms with Crippen molar-refractivity contribution in [3.05, 3.63) is 23.8 Å². The Balaban J connectivity index is 3.13. The van der Waals surface area contributed by atoms with E-state index < -0.39 is 0 Å². The Morgan fingerprint density at radius 3 is 2.75 bits per heavy atom. The molecular weight excluding hydrogens is 170 g/mol. The number of ether oxygens (including phenoxy) is 1. The number of thioether (sulfide) groups is 1. The lowest BCUT2D eigenvalue weighted by Crippen LogP contribution is -1.87. The summed E-state index contributed by atoms with van der Waals surface area (Å²) in [5.41, 5.74) is 0.587. The maximum Gasteiger partial charge on any atom is 0.136 e. The van der Waals surface area contributed by atoms with Crippen LogP contribution in [-0.4, -0.2) is 13.4 Å². The topological polar surface area (TPSA) is 33.0 Å². The highest BCUT2D eigenvalue weighted by Crippen LogP contribution is 2.23. The smallest absolute Gasteiger partial charge is 0.136 e. The number of methoxy groups -OCH3 is 1. The van der Waals surface area contributed by atoms with Gasteiger partial charge in [0, 0.05) is 4.90 Å². The standard InChI is InChI=1S/C9H9NOS/c1-11-9-4-3-8(12-2)5-7(9)6-10/h3-5H,1-2H3. The average molecular weight is 179 g/mol. The molecule has 1 aromatic carbocycles. The Labute approximate surface area is 76.2 Å². The molecule has 0 aliphatic heterocycles. The van der Waals surface area contributed by atoms with Gasteiger partial charge in [-0.05, 0) is 24.5 Å². The van der Waals surface area contributed by atoms with Gasteiger partial charge in [-0.2, -0.15) is 5.26 Å². The first-order valence-corrected chi connectivity index (χ1v) is 4.66. The zero-order chi connectivity index (χ0) is 8.97. The van der Waals surface area contributed by atoms with E-state index in [1.165, 1.54) is 0 Å². The van der Waals surface area contributed by atoms with Gasteiger partial charge in [-0.15, -0.1) is 11.8 Å². The first kappa shape index (κ1) is 8.95. The molecule has 0 aliphatic carbocycles. The van der Waals surface area contributed by atoms with Crippen molar-refractivity contribution >= 4 is 11.8 Å². The fraction of sp³-hybridized carbons (Fsp3) is 0.222. The first-order valence-electron chi connectivity index (χ1n) is 3.44. The molecule has 0 saturated heterocycles. The van der Waals surface area contributed by atoms with Gasteiger partial charge in [-0.3, -0.25) is 0 Å². The predicted octanol–water partition coefficient (Wildman–Crippen LogP) is 2.29. The quantitative estimate of drug-likeness (QED) is 0.653. The number of nitrogens with zero attached hydrogens (tertiary/aromatic N) is 1. The number of rotatable bonds is 2. The zero-order valence-corrected chi connectivity index (χ0v) is 7.81. The van der Waals surface area contributed by atoms with E-state index in [2.05, 4.69) is 6.07 Å². The van der Waals surface area contributed by atoms with Crippen molar-refractivity contribution in [3.63, 3.8) is 0 Å². The Kier molecular flexibility index (Phi) is 3.01. The summed E-state index contributed by atoms with van der Waals surface area (Å²) < 4.78 is 5.00. The molecule has 0 bridgehead atoms. The molecule has 0 N–H and O–H groups in total. The third kappa shape index (κ3) is 1.72. The van der Waals surface area contributed by atoms with Crippen molar-refractivity contribution in [1.29, 1.82) is 5.26 Å². The largest absolute Gasteiger partial charge is 0.495 e. The maximum atomic E-state index is 8.73. The van der Waals surface area contributed by atoms with Gasteiger partial charge in [0.1, 0.15) is 11.8 Å². The second kappa shape index (κ2) is 4.03. The molecule has 0 radical (unpaired) electrons. The molecule has 3 heteroatoms. The van der Waals surface area contributed by atoms with Gasteiger partial charge in [-0.1, -0.05) is 0 Å². The van der Waals surface area contributed by atoms with Gasteiger partial charge in [0.2, 0.25) is 0 Å². The van der Waals surface area contributed by atoms with Gasteiger partial charge >= 0.3 is 0 Å². The van der Waals surface area contributed by atoms with Crippen LogP contribution in [0.1, 0.15) is 5.56 Å². The molecule has 0 amide bonds. The molecule has 2 nitrogen and oxygen atoms in total. The predicted molar refractivity (Wildman–Crippen MR) is 49.5 cm³/mol. The van der Waals surface area contributed by atoms with Crippen molar-refractivity contribution in [3.8, 4) is 11.8 Å². The van der Waals surface area contributed by atoms with E-state index in [0.29, 0.717) is 11.3 Å². The van der Waals surface area contributed by atoms with E-state index in [1.54, 1.807) is 18.9 Å². The van der Waals surface area contributed by atoms with Crippen LogP contribution in [0.2, 0.25) is 0 Å². The number of nitriles is 1. The summed E-state index contributed by atoms with van der Waals surface area (Å²) in [5.74, 6) is 0.635. The minimum Gasteiger partial charge on any atom is -0.495 e. The second-order valence-corrected chi connectivity index (χ2v) is 3.06. The lowest BCUT2D eigenvalue weighted by molar-refractivity contribution is 0.413. The van der Waals surface area contributed by atoms with Crippen LogP contribution in [0.25, 0.3) is 0 Å². The van der Waals surface area contributed by atoms with Gasteiger partial charge in [0.05, 0.1) is 12.7 Å². The lowest BCUT2D eigenvalue weighted by Gasteiger charge is -2.02. The maximum absolute atomic E-state index is 8.73. The lowest BCUT2D eigenvalue weighted by atomic mass is 10.2. The molecule has 0 spiro atoms. The van der Waals surface area contributed by atoms with Crippen molar-refractivity contribution in [2.45, 2.75) is 4.90 Å². The summed E-state index contributed by atoms with van der Waals surface area (Å²) >= 11 is 1.61. The summed E-state index contributed by atoms with van der Waals surface area (Å²) in [7, 11) is 1.56. The number of hydrogen-bond donors (Lipinski definition) is 0. The molecular formula is C9H9NOS. The van der Waals surface area contributed by atoms with Gasteiger partial charge in [-0.25, -0.2) is 0 Å². The van der Waals surface area contributed by atoms with Crippen molar-refractivity contribution in [1.82, 2.24) is 0 Å². The van der Waals surface area contributed by atoms with E-state index >= 15 is 0 Å². The zero-order valence-electron chi connectivity index (χ0n) is 7.00. The van der Waals surface area contributed by atoms with Crippen LogP contribution in [0, 0.1) is 11.3 Å². The molecule has 0 heterocycles. The SMILES string of the molecule is COc1ccc(SC)cc1C#N. The van der Waals surface area contributed by atoms with Crippen LogP contribution >= 0.6 is 11.8 Å². The van der Waals surface area contributed by atoms with Crippen LogP contribution in [0.15, 0.2) is 23.1 Å². The Morgan fingerprint density at radius 2 is 2.25 bits per heavy atom. The Hall–Kier alpha value is -1.14. The Morgan fingerprint density at radius 1 is 1.50 bits per heavy atom. The second-order valence-electron chi connectivity index (χ2n) is 2.18. The van der Waals surface area contributed by atoms with Crippen molar-refractivity contribution in [2.75, 3.05) is 13.4 Å². The van der Waals surface area contributed by atoms with E-state index in [9.17, 15) is 0 Å². The first-order chi connectivity index (χ1) is 5.81. The molecule has 0 atom stereocenters. The average Bonchev–Trinajstić information content (AvgIpc) is 2.16. The molecule has 0 unspecified atom stereocenters. The fourth-order valence-electron chi connectivity index (χ4n) is 0.901. The molecule has 0 aromatic heterocycles. The summed E-state index contributed by atoms with van der Waals surface area (Å²) in [6.07, 6.45) is 1.98. The van der Waals surface area contributed by atoms with Crippen LogP contribution in [0.3, 0.4) is 0 Å². The van der Waals surface area contributed by atoms with Crippen molar-refractivity contribution < 1.29 is 4.74 Å². The van der Waals surface area contributed by atoms with E-state index in [0.717, 1.165) is 4.90 Å². The van der Waals surface area contributed by atoms with E-state index in [4.69, 9.17) is 10.00 Å². The normalized spacial score (nSPS) is 9.08. The number of hydrogen-bond acceptors (Lipinski definition) is 3. The van der Waals surface area contributed by atoms with Gasteiger partial charge < -0.3 is 4.74 Å². The highest BCUT2D eigenvalue weighted by molar-refractivity contribution is 7.98. The van der Waals surface area contributed by atoms with E-state index in [-0.39, 0.29) is 0 Å². The highest BCUT2D eigenvalue weighted by atomic mass is 32.2. The summed E-state index contributed by atoms with van der Waals surface area (Å²) in [4.78, 5) is 1.08. The highest BCUT2D eigenvalue weighted by Gasteiger charge is 2.01. The van der Waals surface area contributed by atoms with Gasteiger partial charge in [0.25, 0.3) is 0 Å².